The van der Waals surface area contributed by atoms with Crippen LogP contribution in [0.4, 0.5) is 0 Å². The van der Waals surface area contributed by atoms with Gasteiger partial charge in [-0.05, 0) is 30.9 Å². The molecule has 1 atom stereocenters. The van der Waals surface area contributed by atoms with Gasteiger partial charge in [-0.1, -0.05) is 55.6 Å². The molecule has 0 aliphatic rings. The first-order valence-electron chi connectivity index (χ1n) is 4.96. The molecule has 0 aliphatic heterocycles. The van der Waals surface area contributed by atoms with E-state index in [1.165, 1.54) is 5.54 Å². The van der Waals surface area contributed by atoms with Crippen LogP contribution in [-0.2, 0) is 0 Å². The summed E-state index contributed by atoms with van der Waals surface area (Å²) in [7, 11) is 0. The Hall–Kier alpha value is -0.200. The van der Waals surface area contributed by atoms with Gasteiger partial charge in [0, 0.05) is 10.6 Å². The van der Waals surface area contributed by atoms with E-state index in [9.17, 15) is 0 Å². The number of rotatable bonds is 5. The molecule has 0 fully saturated rings. The lowest BCUT2D eigenvalue weighted by molar-refractivity contribution is 0.612. The van der Waals surface area contributed by atoms with Crippen LogP contribution in [0.1, 0.15) is 33.6 Å². The van der Waals surface area contributed by atoms with Crippen molar-refractivity contribution in [1.29, 1.82) is 0 Å². The Balaban J connectivity index is 4.82. The molecule has 0 N–H and O–H groups in total. The third-order valence-corrected chi connectivity index (χ3v) is 2.55. The van der Waals surface area contributed by atoms with Crippen LogP contribution >= 0.6 is 23.2 Å². The van der Waals surface area contributed by atoms with E-state index in [1.807, 2.05) is 13.0 Å². The minimum atomic E-state index is 0.483. The van der Waals surface area contributed by atoms with Crippen molar-refractivity contribution in [2.45, 2.75) is 33.6 Å². The Morgan fingerprint density at radius 1 is 1.36 bits per heavy atom. The molecule has 0 amide bonds. The van der Waals surface area contributed by atoms with E-state index >= 15 is 0 Å². The van der Waals surface area contributed by atoms with Crippen molar-refractivity contribution < 1.29 is 0 Å². The van der Waals surface area contributed by atoms with Gasteiger partial charge in [-0.2, -0.15) is 0 Å². The molecular weight excluding hydrogens is 215 g/mol. The van der Waals surface area contributed by atoms with Crippen LogP contribution in [0.2, 0.25) is 0 Å². The molecule has 0 heterocycles. The molecule has 0 aromatic carbocycles. The Kier molecular flexibility index (Phi) is 8.02. The maximum Gasteiger partial charge on any atom is 0.0449 e. The largest absolute Gasteiger partial charge is 0.0929 e. The fourth-order valence-corrected chi connectivity index (χ4v) is 1.90. The molecule has 2 heteroatoms. The van der Waals surface area contributed by atoms with Gasteiger partial charge in [-0.15, -0.1) is 0 Å². The molecule has 0 radical (unpaired) electrons. The summed E-state index contributed by atoms with van der Waals surface area (Å²) in [5.74, 6) is 0.483. The zero-order valence-corrected chi connectivity index (χ0v) is 10.6. The quantitative estimate of drug-likeness (QED) is 0.569. The molecular formula is C12H18Cl2. The van der Waals surface area contributed by atoms with E-state index < -0.39 is 0 Å². The Bertz CT molecular complexity index is 237. The maximum absolute atomic E-state index is 6.11. The van der Waals surface area contributed by atoms with Crippen LogP contribution in [0, 0.1) is 5.92 Å². The van der Waals surface area contributed by atoms with E-state index in [0.29, 0.717) is 5.92 Å². The summed E-state index contributed by atoms with van der Waals surface area (Å²) in [4.78, 5) is 0. The molecule has 0 bridgehead atoms. The highest BCUT2D eigenvalue weighted by atomic mass is 35.5. The Morgan fingerprint density at radius 2 is 2.00 bits per heavy atom. The summed E-state index contributed by atoms with van der Waals surface area (Å²) in [5, 5.41) is 0.735. The summed E-state index contributed by atoms with van der Waals surface area (Å²) in [6.07, 6.45) is 8.10. The fourth-order valence-electron chi connectivity index (χ4n) is 1.40. The van der Waals surface area contributed by atoms with Crippen LogP contribution < -0.4 is 0 Å². The lowest BCUT2D eigenvalue weighted by atomic mass is 9.95. The first-order valence-corrected chi connectivity index (χ1v) is 5.77. The van der Waals surface area contributed by atoms with Gasteiger partial charge in [0.15, 0.2) is 0 Å². The number of allylic oxidation sites excluding steroid dienone is 5. The van der Waals surface area contributed by atoms with Crippen LogP contribution in [0.25, 0.3) is 0 Å². The van der Waals surface area contributed by atoms with Crippen LogP contribution in [0.15, 0.2) is 34.4 Å². The van der Waals surface area contributed by atoms with Gasteiger partial charge in [-0.3, -0.25) is 0 Å². The molecule has 14 heavy (non-hydrogen) atoms. The van der Waals surface area contributed by atoms with Gasteiger partial charge < -0.3 is 0 Å². The molecule has 0 aromatic heterocycles. The molecule has 0 spiro atoms. The Morgan fingerprint density at radius 3 is 2.43 bits per heavy atom. The lowest BCUT2D eigenvalue weighted by Crippen LogP contribution is -1.98. The van der Waals surface area contributed by atoms with E-state index in [1.54, 1.807) is 6.08 Å². The second kappa shape index (κ2) is 8.14. The van der Waals surface area contributed by atoms with Crippen LogP contribution in [0.5, 0.6) is 0 Å². The minimum Gasteiger partial charge on any atom is -0.0929 e. The third kappa shape index (κ3) is 4.88. The lowest BCUT2D eigenvalue weighted by Gasteiger charge is -2.12. The molecule has 0 aliphatic carbocycles. The predicted molar refractivity (Wildman–Crippen MR) is 66.8 cm³/mol. The summed E-state index contributed by atoms with van der Waals surface area (Å²) in [6.45, 7) is 6.35. The molecule has 1 unspecified atom stereocenters. The van der Waals surface area contributed by atoms with Crippen LogP contribution in [-0.4, -0.2) is 0 Å². The zero-order chi connectivity index (χ0) is 11.0. The fraction of sp³-hybridized carbons (Fsp3) is 0.500. The highest BCUT2D eigenvalue weighted by molar-refractivity contribution is 6.33. The van der Waals surface area contributed by atoms with Gasteiger partial charge >= 0.3 is 0 Å². The van der Waals surface area contributed by atoms with Crippen molar-refractivity contribution in [3.8, 4) is 0 Å². The van der Waals surface area contributed by atoms with Gasteiger partial charge in [0.05, 0.1) is 0 Å². The van der Waals surface area contributed by atoms with Crippen molar-refractivity contribution in [2.24, 2.45) is 5.92 Å². The summed E-state index contributed by atoms with van der Waals surface area (Å²) >= 11 is 11.6. The Labute approximate surface area is 97.3 Å². The van der Waals surface area contributed by atoms with Crippen molar-refractivity contribution in [3.63, 3.8) is 0 Å². The first kappa shape index (κ1) is 13.8. The molecule has 0 nitrogen and oxygen atoms in total. The standard InChI is InChI=1S/C12H18Cl2/c1-4-6-10(3)11(7-5-2)12(14)8-9-13/h5,7-10H,4,6H2,1-3H3/b7-5-,9-8+,12-11-. The van der Waals surface area contributed by atoms with E-state index in [-0.39, 0.29) is 0 Å². The summed E-state index contributed by atoms with van der Waals surface area (Å²) in [6, 6.07) is 0. The average Bonchev–Trinajstić information content (AvgIpc) is 2.14. The number of hydrogen-bond donors (Lipinski definition) is 0. The third-order valence-electron chi connectivity index (χ3n) is 2.08. The van der Waals surface area contributed by atoms with Gasteiger partial charge in [0.1, 0.15) is 0 Å². The number of halogens is 2. The smallest absolute Gasteiger partial charge is 0.0449 e. The second-order valence-electron chi connectivity index (χ2n) is 3.29. The zero-order valence-electron chi connectivity index (χ0n) is 9.06. The van der Waals surface area contributed by atoms with Gasteiger partial charge in [-0.25, -0.2) is 0 Å². The normalized spacial score (nSPS) is 16.4. The molecule has 0 saturated carbocycles. The average molecular weight is 233 g/mol. The van der Waals surface area contributed by atoms with Gasteiger partial charge in [0.2, 0.25) is 0 Å². The van der Waals surface area contributed by atoms with E-state index in [4.69, 9.17) is 23.2 Å². The van der Waals surface area contributed by atoms with Gasteiger partial charge in [0.25, 0.3) is 0 Å². The maximum atomic E-state index is 6.11. The molecule has 80 valence electrons. The monoisotopic (exact) mass is 232 g/mol. The second-order valence-corrected chi connectivity index (χ2v) is 3.94. The van der Waals surface area contributed by atoms with E-state index in [2.05, 4.69) is 19.9 Å². The van der Waals surface area contributed by atoms with Crippen molar-refractivity contribution >= 4 is 23.2 Å². The van der Waals surface area contributed by atoms with Crippen LogP contribution in [0.3, 0.4) is 0 Å². The van der Waals surface area contributed by atoms with Crippen molar-refractivity contribution in [2.75, 3.05) is 0 Å². The van der Waals surface area contributed by atoms with Crippen molar-refractivity contribution in [1.82, 2.24) is 0 Å². The molecule has 0 rings (SSSR count). The van der Waals surface area contributed by atoms with E-state index in [0.717, 1.165) is 23.4 Å². The predicted octanol–water partition coefficient (Wildman–Crippen LogP) is 5.24. The SMILES string of the molecule is C\C=C/C(=C(Cl)\C=C\Cl)C(C)CCC. The summed E-state index contributed by atoms with van der Waals surface area (Å²) < 4.78 is 0. The highest BCUT2D eigenvalue weighted by Gasteiger charge is 2.07. The summed E-state index contributed by atoms with van der Waals surface area (Å²) in [5.41, 5.74) is 2.61. The number of hydrogen-bond acceptors (Lipinski definition) is 0. The van der Waals surface area contributed by atoms with Crippen molar-refractivity contribution in [3.05, 3.63) is 34.4 Å². The first-order chi connectivity index (χ1) is 6.67. The topological polar surface area (TPSA) is 0 Å². The minimum absolute atomic E-state index is 0.483. The highest BCUT2D eigenvalue weighted by Crippen LogP contribution is 2.24. The molecule has 0 aromatic rings. The molecule has 0 saturated heterocycles.